The van der Waals surface area contributed by atoms with Crippen LogP contribution in [0, 0.1) is 0 Å². The maximum atomic E-state index is 12.1. The van der Waals surface area contributed by atoms with Crippen LogP contribution in [0.3, 0.4) is 0 Å². The predicted molar refractivity (Wildman–Crippen MR) is 85.9 cm³/mol. The molecule has 1 aromatic rings. The Bertz CT molecular complexity index is 622. The summed E-state index contributed by atoms with van der Waals surface area (Å²) in [6.45, 7) is 4.15. The number of likely N-dealkylation sites (N-methyl/N-ethyl adjacent to an activating group) is 1. The number of rotatable bonds is 5. The average molecular weight is 325 g/mol. The Hall–Kier alpha value is -1.56. The van der Waals surface area contributed by atoms with Crippen LogP contribution >= 0.6 is 0 Å². The lowest BCUT2D eigenvalue weighted by Crippen LogP contribution is -2.40. The molecule has 22 heavy (non-hydrogen) atoms. The van der Waals surface area contributed by atoms with Crippen molar-refractivity contribution in [3.63, 3.8) is 0 Å². The molecule has 6 heteroatoms. The summed E-state index contributed by atoms with van der Waals surface area (Å²) in [5, 5.41) is 0. The fourth-order valence-corrected chi connectivity index (χ4v) is 4.25. The Labute approximate surface area is 132 Å². The number of benzene rings is 1. The van der Waals surface area contributed by atoms with Gasteiger partial charge in [0, 0.05) is 13.1 Å². The molecule has 1 amide bonds. The van der Waals surface area contributed by atoms with Gasteiger partial charge in [0.15, 0.2) is 16.4 Å². The molecule has 0 spiro atoms. The Kier molecular flexibility index (Phi) is 5.11. The standard InChI is InChI=1S/C16H23NO4S/c1-12(2)13-4-6-15(7-5-13)21-10-16(18)17(3)14-8-9-22(19,20)11-14/h4-7,12,14H,8-11H2,1-3H3/t14-/m1/s1. The van der Waals surface area contributed by atoms with Gasteiger partial charge in [-0.15, -0.1) is 0 Å². The van der Waals surface area contributed by atoms with Crippen LogP contribution in [0.5, 0.6) is 5.75 Å². The molecular weight excluding hydrogens is 302 g/mol. The largest absolute Gasteiger partial charge is 0.484 e. The molecule has 0 unspecified atom stereocenters. The predicted octanol–water partition coefficient (Wildman–Crippen LogP) is 1.83. The van der Waals surface area contributed by atoms with Gasteiger partial charge < -0.3 is 9.64 Å². The normalized spacial score (nSPS) is 20.1. The molecule has 0 radical (unpaired) electrons. The highest BCUT2D eigenvalue weighted by molar-refractivity contribution is 7.91. The molecule has 2 rings (SSSR count). The second-order valence-electron chi connectivity index (χ2n) is 6.07. The molecular formula is C16H23NO4S. The van der Waals surface area contributed by atoms with E-state index in [0.717, 1.165) is 0 Å². The third kappa shape index (κ3) is 4.22. The zero-order chi connectivity index (χ0) is 16.3. The van der Waals surface area contributed by atoms with E-state index in [0.29, 0.717) is 18.1 Å². The zero-order valence-corrected chi connectivity index (χ0v) is 14.1. The number of carbonyl (C=O) groups excluding carboxylic acids is 1. The van der Waals surface area contributed by atoms with Gasteiger partial charge in [0.2, 0.25) is 0 Å². The SMILES string of the molecule is CC(C)c1ccc(OCC(=O)N(C)[C@@H]2CCS(=O)(=O)C2)cc1. The number of hydrogen-bond donors (Lipinski definition) is 0. The molecule has 0 saturated carbocycles. The molecule has 1 fully saturated rings. The van der Waals surface area contributed by atoms with E-state index < -0.39 is 9.84 Å². The minimum absolute atomic E-state index is 0.0539. The van der Waals surface area contributed by atoms with Gasteiger partial charge >= 0.3 is 0 Å². The van der Waals surface area contributed by atoms with Crippen molar-refractivity contribution in [1.82, 2.24) is 4.90 Å². The lowest BCUT2D eigenvalue weighted by molar-refractivity contribution is -0.133. The summed E-state index contributed by atoms with van der Waals surface area (Å²) in [4.78, 5) is 13.6. The quantitative estimate of drug-likeness (QED) is 0.828. The summed E-state index contributed by atoms with van der Waals surface area (Å²) in [6, 6.07) is 7.44. The van der Waals surface area contributed by atoms with Crippen LogP contribution in [-0.4, -0.2) is 50.4 Å². The molecule has 1 aliphatic heterocycles. The molecule has 0 N–H and O–H groups in total. The van der Waals surface area contributed by atoms with Crippen molar-refractivity contribution in [2.24, 2.45) is 0 Å². The van der Waals surface area contributed by atoms with E-state index in [1.165, 1.54) is 10.5 Å². The Morgan fingerprint density at radius 1 is 1.32 bits per heavy atom. The first kappa shape index (κ1) is 16.8. The van der Waals surface area contributed by atoms with Crippen LogP contribution in [0.15, 0.2) is 24.3 Å². The molecule has 1 aliphatic rings. The minimum atomic E-state index is -2.99. The van der Waals surface area contributed by atoms with Crippen LogP contribution in [0.1, 0.15) is 31.7 Å². The van der Waals surface area contributed by atoms with Gasteiger partial charge in [0.25, 0.3) is 5.91 Å². The van der Waals surface area contributed by atoms with Crippen LogP contribution in [0.2, 0.25) is 0 Å². The molecule has 0 aliphatic carbocycles. The maximum absolute atomic E-state index is 12.1. The molecule has 1 heterocycles. The summed E-state index contributed by atoms with van der Waals surface area (Å²) >= 11 is 0. The highest BCUT2D eigenvalue weighted by Crippen LogP contribution is 2.19. The first-order valence-electron chi connectivity index (χ1n) is 7.47. The Morgan fingerprint density at radius 2 is 1.95 bits per heavy atom. The number of hydrogen-bond acceptors (Lipinski definition) is 4. The van der Waals surface area contributed by atoms with Gasteiger partial charge in [-0.1, -0.05) is 26.0 Å². The number of sulfone groups is 1. The van der Waals surface area contributed by atoms with Gasteiger partial charge in [-0.05, 0) is 30.0 Å². The number of nitrogens with zero attached hydrogens (tertiary/aromatic N) is 1. The first-order chi connectivity index (χ1) is 10.3. The fraction of sp³-hybridized carbons (Fsp3) is 0.562. The van der Waals surface area contributed by atoms with E-state index in [1.54, 1.807) is 7.05 Å². The smallest absolute Gasteiger partial charge is 0.260 e. The van der Waals surface area contributed by atoms with Gasteiger partial charge in [-0.25, -0.2) is 8.42 Å². The van der Waals surface area contributed by atoms with Crippen molar-refractivity contribution in [2.45, 2.75) is 32.2 Å². The van der Waals surface area contributed by atoms with Crippen molar-refractivity contribution >= 4 is 15.7 Å². The Balaban J connectivity index is 1.87. The average Bonchev–Trinajstić information content (AvgIpc) is 2.84. The molecule has 1 aromatic carbocycles. The van der Waals surface area contributed by atoms with E-state index in [-0.39, 0.29) is 30.1 Å². The summed E-state index contributed by atoms with van der Waals surface area (Å²) in [5.74, 6) is 1.11. The monoisotopic (exact) mass is 325 g/mol. The summed E-state index contributed by atoms with van der Waals surface area (Å²) in [7, 11) is -1.35. The topological polar surface area (TPSA) is 63.7 Å². The highest BCUT2D eigenvalue weighted by atomic mass is 32.2. The van der Waals surface area contributed by atoms with E-state index in [9.17, 15) is 13.2 Å². The van der Waals surface area contributed by atoms with Crippen LogP contribution < -0.4 is 4.74 Å². The van der Waals surface area contributed by atoms with Crippen LogP contribution in [0.25, 0.3) is 0 Å². The van der Waals surface area contributed by atoms with Crippen molar-refractivity contribution in [1.29, 1.82) is 0 Å². The third-order valence-electron chi connectivity index (χ3n) is 4.06. The maximum Gasteiger partial charge on any atom is 0.260 e. The van der Waals surface area contributed by atoms with E-state index >= 15 is 0 Å². The van der Waals surface area contributed by atoms with Crippen molar-refractivity contribution in [3.05, 3.63) is 29.8 Å². The van der Waals surface area contributed by atoms with E-state index in [4.69, 9.17) is 4.74 Å². The molecule has 1 saturated heterocycles. The Morgan fingerprint density at radius 3 is 2.45 bits per heavy atom. The van der Waals surface area contributed by atoms with Crippen molar-refractivity contribution in [3.8, 4) is 5.75 Å². The lowest BCUT2D eigenvalue weighted by atomic mass is 10.0. The van der Waals surface area contributed by atoms with E-state index in [1.807, 2.05) is 24.3 Å². The van der Waals surface area contributed by atoms with Crippen LogP contribution in [-0.2, 0) is 14.6 Å². The minimum Gasteiger partial charge on any atom is -0.484 e. The third-order valence-corrected chi connectivity index (χ3v) is 5.81. The lowest BCUT2D eigenvalue weighted by Gasteiger charge is -2.23. The summed E-state index contributed by atoms with van der Waals surface area (Å²) < 4.78 is 28.4. The fourth-order valence-electron chi connectivity index (χ4n) is 2.48. The number of amides is 1. The van der Waals surface area contributed by atoms with E-state index in [2.05, 4.69) is 13.8 Å². The van der Waals surface area contributed by atoms with Crippen molar-refractivity contribution < 1.29 is 17.9 Å². The molecule has 1 atom stereocenters. The van der Waals surface area contributed by atoms with Crippen LogP contribution in [0.4, 0.5) is 0 Å². The first-order valence-corrected chi connectivity index (χ1v) is 9.29. The van der Waals surface area contributed by atoms with Gasteiger partial charge in [-0.3, -0.25) is 4.79 Å². The summed E-state index contributed by atoms with van der Waals surface area (Å²) in [5.41, 5.74) is 1.21. The zero-order valence-electron chi connectivity index (χ0n) is 13.3. The second-order valence-corrected chi connectivity index (χ2v) is 8.30. The molecule has 5 nitrogen and oxygen atoms in total. The number of carbonyl (C=O) groups is 1. The molecule has 0 bridgehead atoms. The van der Waals surface area contributed by atoms with Gasteiger partial charge in [-0.2, -0.15) is 0 Å². The molecule has 122 valence electrons. The van der Waals surface area contributed by atoms with Crippen molar-refractivity contribution in [2.75, 3.05) is 25.2 Å². The second kappa shape index (κ2) is 6.69. The van der Waals surface area contributed by atoms with Gasteiger partial charge in [0.05, 0.1) is 11.5 Å². The highest BCUT2D eigenvalue weighted by Gasteiger charge is 2.32. The molecule has 0 aromatic heterocycles. The summed E-state index contributed by atoms with van der Waals surface area (Å²) in [6.07, 6.45) is 0.508. The number of ether oxygens (including phenoxy) is 1. The van der Waals surface area contributed by atoms with Gasteiger partial charge in [0.1, 0.15) is 5.75 Å².